The Morgan fingerprint density at radius 1 is 1.70 bits per heavy atom. The number of aliphatic hydroxyl groups is 1. The lowest BCUT2D eigenvalue weighted by molar-refractivity contribution is -0.122. The monoisotopic (exact) mass is 163 g/mol. The molecule has 0 aromatic carbocycles. The van der Waals surface area contributed by atoms with Gasteiger partial charge in [-0.3, -0.25) is 4.79 Å². The third-order valence-electron chi connectivity index (χ3n) is 0.892. The molecule has 1 atom stereocenters. The van der Waals surface area contributed by atoms with Crippen molar-refractivity contribution in [3.63, 3.8) is 0 Å². The fourth-order valence-electron chi connectivity index (χ4n) is 0.564. The average Bonchev–Trinajstić information content (AvgIpc) is 1.59. The molecule has 0 heterocycles. The summed E-state index contributed by atoms with van der Waals surface area (Å²) in [5, 5.41) is 10.5. The van der Waals surface area contributed by atoms with Gasteiger partial charge in [-0.2, -0.15) is 0 Å². The van der Waals surface area contributed by atoms with E-state index in [0.717, 1.165) is 0 Å². The predicted octanol–water partition coefficient (Wildman–Crippen LogP) is 0.0962. The van der Waals surface area contributed by atoms with Crippen LogP contribution < -0.4 is 5.32 Å². The smallest absolute Gasteiger partial charge is 0.222 e. The third-order valence-corrected chi connectivity index (χ3v) is 1.10. The Morgan fingerprint density at radius 2 is 2.20 bits per heavy atom. The molecule has 1 unspecified atom stereocenters. The number of hydrogen-bond donors (Lipinski definition) is 2. The van der Waals surface area contributed by atoms with E-state index in [1.165, 1.54) is 0 Å². The zero-order chi connectivity index (χ0) is 8.20. The van der Waals surface area contributed by atoms with Crippen molar-refractivity contribution in [1.29, 1.82) is 0 Å². The molecule has 3 nitrogen and oxygen atoms in total. The van der Waals surface area contributed by atoms with Gasteiger partial charge in [0.25, 0.3) is 0 Å². The highest BCUT2D eigenvalue weighted by Crippen LogP contribution is 2.19. The van der Waals surface area contributed by atoms with Gasteiger partial charge in [-0.15, -0.1) is 9.24 Å². The average molecular weight is 163 g/mol. The summed E-state index contributed by atoms with van der Waals surface area (Å²) < 4.78 is 0. The minimum Gasteiger partial charge on any atom is -0.377 e. The minimum absolute atomic E-state index is 0.0841. The van der Waals surface area contributed by atoms with Crippen molar-refractivity contribution in [3.8, 4) is 0 Å². The first-order valence-corrected chi connectivity index (χ1v) is 3.70. The Bertz CT molecular complexity index is 119. The Morgan fingerprint density at radius 3 is 2.50 bits per heavy atom. The molecule has 0 saturated heterocycles. The first kappa shape index (κ1) is 9.86. The summed E-state index contributed by atoms with van der Waals surface area (Å²) in [5.41, 5.74) is 0. The lowest BCUT2D eigenvalue weighted by Crippen LogP contribution is -2.29. The van der Waals surface area contributed by atoms with Crippen molar-refractivity contribution < 1.29 is 9.90 Å². The van der Waals surface area contributed by atoms with Crippen molar-refractivity contribution in [2.24, 2.45) is 0 Å². The van der Waals surface area contributed by atoms with Crippen molar-refractivity contribution in [1.82, 2.24) is 5.32 Å². The SMILES string of the molecule is CC(C)(P)CC(=O)NCO. The van der Waals surface area contributed by atoms with Gasteiger partial charge >= 0.3 is 0 Å². The number of aliphatic hydroxyl groups excluding tert-OH is 1. The van der Waals surface area contributed by atoms with Crippen LogP contribution in [0, 0.1) is 0 Å². The molecule has 0 rings (SSSR count). The molecule has 0 aromatic rings. The quantitative estimate of drug-likeness (QED) is 0.458. The molecule has 0 aliphatic rings. The van der Waals surface area contributed by atoms with Gasteiger partial charge in [-0.1, -0.05) is 13.8 Å². The summed E-state index contributed by atoms with van der Waals surface area (Å²) in [6.07, 6.45) is 0.415. The van der Waals surface area contributed by atoms with Crippen LogP contribution in [0.5, 0.6) is 0 Å². The molecule has 0 aliphatic heterocycles. The van der Waals surface area contributed by atoms with Gasteiger partial charge in [-0.05, 0) is 5.16 Å². The molecule has 0 aromatic heterocycles. The van der Waals surface area contributed by atoms with Crippen LogP contribution in [-0.2, 0) is 4.79 Å². The zero-order valence-corrected chi connectivity index (χ0v) is 7.50. The second-order valence-corrected chi connectivity index (χ2v) is 4.49. The Kier molecular flexibility index (Phi) is 3.84. The van der Waals surface area contributed by atoms with Gasteiger partial charge in [0.1, 0.15) is 6.73 Å². The van der Waals surface area contributed by atoms with Crippen molar-refractivity contribution in [3.05, 3.63) is 0 Å². The fourth-order valence-corrected chi connectivity index (χ4v) is 0.750. The van der Waals surface area contributed by atoms with Crippen LogP contribution in [0.25, 0.3) is 0 Å². The van der Waals surface area contributed by atoms with E-state index >= 15 is 0 Å². The molecular formula is C6H14NO2P. The van der Waals surface area contributed by atoms with Gasteiger partial charge in [0.2, 0.25) is 5.91 Å². The van der Waals surface area contributed by atoms with E-state index in [0.29, 0.717) is 6.42 Å². The Balaban J connectivity index is 3.58. The molecule has 1 amide bonds. The lowest BCUT2D eigenvalue weighted by Gasteiger charge is -2.16. The number of rotatable bonds is 3. The van der Waals surface area contributed by atoms with E-state index in [-0.39, 0.29) is 17.8 Å². The van der Waals surface area contributed by atoms with Gasteiger partial charge in [0, 0.05) is 6.42 Å². The second-order valence-electron chi connectivity index (χ2n) is 2.92. The second kappa shape index (κ2) is 3.89. The molecule has 10 heavy (non-hydrogen) atoms. The topological polar surface area (TPSA) is 49.3 Å². The summed E-state index contributed by atoms with van der Waals surface area (Å²) in [4.78, 5) is 10.8. The maximum atomic E-state index is 10.8. The van der Waals surface area contributed by atoms with E-state index in [1.54, 1.807) is 0 Å². The van der Waals surface area contributed by atoms with Crippen LogP contribution in [0.2, 0.25) is 0 Å². The first-order valence-electron chi connectivity index (χ1n) is 3.12. The molecule has 0 fully saturated rings. The molecule has 0 aliphatic carbocycles. The van der Waals surface area contributed by atoms with Crippen molar-refractivity contribution in [2.75, 3.05) is 6.73 Å². The molecule has 0 bridgehead atoms. The molecule has 60 valence electrons. The van der Waals surface area contributed by atoms with Crippen LogP contribution in [-0.4, -0.2) is 22.9 Å². The highest BCUT2D eigenvalue weighted by Gasteiger charge is 2.14. The fraction of sp³-hybridized carbons (Fsp3) is 0.833. The van der Waals surface area contributed by atoms with E-state index in [1.807, 2.05) is 13.8 Å². The van der Waals surface area contributed by atoms with E-state index in [9.17, 15) is 4.79 Å². The van der Waals surface area contributed by atoms with Gasteiger partial charge < -0.3 is 10.4 Å². The van der Waals surface area contributed by atoms with Crippen LogP contribution in [0.4, 0.5) is 0 Å². The molecule has 0 radical (unpaired) electrons. The Labute approximate surface area is 63.4 Å². The van der Waals surface area contributed by atoms with Gasteiger partial charge in [0.05, 0.1) is 0 Å². The van der Waals surface area contributed by atoms with Crippen LogP contribution >= 0.6 is 9.24 Å². The normalized spacial score (nSPS) is 11.2. The number of carbonyl (C=O) groups excluding carboxylic acids is 1. The number of amides is 1. The summed E-state index contributed by atoms with van der Waals surface area (Å²) in [7, 11) is 2.57. The Hall–Kier alpha value is -0.140. The molecular weight excluding hydrogens is 149 g/mol. The molecule has 0 saturated carbocycles. The van der Waals surface area contributed by atoms with Crippen molar-refractivity contribution in [2.45, 2.75) is 25.4 Å². The molecule has 0 spiro atoms. The van der Waals surface area contributed by atoms with E-state index < -0.39 is 0 Å². The maximum Gasteiger partial charge on any atom is 0.222 e. The van der Waals surface area contributed by atoms with Crippen LogP contribution in [0.1, 0.15) is 20.3 Å². The van der Waals surface area contributed by atoms with Gasteiger partial charge in [0.15, 0.2) is 0 Å². The third kappa shape index (κ3) is 5.99. The van der Waals surface area contributed by atoms with E-state index in [4.69, 9.17) is 5.11 Å². The van der Waals surface area contributed by atoms with Crippen LogP contribution in [0.3, 0.4) is 0 Å². The lowest BCUT2D eigenvalue weighted by atomic mass is 10.1. The zero-order valence-electron chi connectivity index (χ0n) is 6.35. The van der Waals surface area contributed by atoms with E-state index in [2.05, 4.69) is 14.6 Å². The summed E-state index contributed by atoms with van der Waals surface area (Å²) in [6.45, 7) is 3.60. The number of nitrogens with one attached hydrogen (secondary N) is 1. The van der Waals surface area contributed by atoms with Gasteiger partial charge in [-0.25, -0.2) is 0 Å². The standard InChI is InChI=1S/C6H14NO2P/c1-6(2,10)3-5(9)7-4-8/h8H,3-4,10H2,1-2H3,(H,7,9). The molecule has 2 N–H and O–H groups in total. The summed E-state index contributed by atoms with van der Waals surface area (Å²) in [5.74, 6) is -0.123. The van der Waals surface area contributed by atoms with Crippen molar-refractivity contribution >= 4 is 15.1 Å². The maximum absolute atomic E-state index is 10.8. The summed E-state index contributed by atoms with van der Waals surface area (Å²) in [6, 6.07) is 0. The molecule has 4 heteroatoms. The highest BCUT2D eigenvalue weighted by molar-refractivity contribution is 7.18. The highest BCUT2D eigenvalue weighted by atomic mass is 31.0. The largest absolute Gasteiger partial charge is 0.377 e. The number of hydrogen-bond acceptors (Lipinski definition) is 2. The predicted molar refractivity (Wildman–Crippen MR) is 43.6 cm³/mol. The van der Waals surface area contributed by atoms with Crippen LogP contribution in [0.15, 0.2) is 0 Å². The summed E-state index contributed by atoms with van der Waals surface area (Å²) >= 11 is 0. The first-order chi connectivity index (χ1) is 4.45. The number of carbonyl (C=O) groups is 1. The minimum atomic E-state index is -0.278.